The van der Waals surface area contributed by atoms with Gasteiger partial charge in [-0.1, -0.05) is 6.07 Å². The largest absolute Gasteiger partial charge is 0.573 e. The molecule has 0 unspecified atom stereocenters. The minimum Gasteiger partial charge on any atom is -0.406 e. The minimum atomic E-state index is -4.64. The van der Waals surface area contributed by atoms with Crippen LogP contribution >= 0.6 is 11.8 Å². The SMILES string of the molecule is FC(F)(F)Oc1cccc(NC2CCSCC2)c1. The van der Waals surface area contributed by atoms with Crippen LogP contribution in [0.25, 0.3) is 0 Å². The number of hydrogen-bond acceptors (Lipinski definition) is 3. The van der Waals surface area contributed by atoms with Crippen LogP contribution in [0.3, 0.4) is 0 Å². The number of ether oxygens (including phenoxy) is 1. The summed E-state index contributed by atoms with van der Waals surface area (Å²) >= 11 is 1.91. The van der Waals surface area contributed by atoms with E-state index in [1.807, 2.05) is 11.8 Å². The molecule has 6 heteroatoms. The van der Waals surface area contributed by atoms with Gasteiger partial charge in [0.15, 0.2) is 0 Å². The number of hydrogen-bond donors (Lipinski definition) is 1. The zero-order valence-electron chi connectivity index (χ0n) is 9.67. The maximum Gasteiger partial charge on any atom is 0.573 e. The summed E-state index contributed by atoms with van der Waals surface area (Å²) in [5.74, 6) is 2.00. The van der Waals surface area contributed by atoms with Crippen molar-refractivity contribution >= 4 is 17.4 Å². The lowest BCUT2D eigenvalue weighted by Crippen LogP contribution is -2.24. The Hall–Kier alpha value is -1.04. The Balaban J connectivity index is 1.98. The summed E-state index contributed by atoms with van der Waals surface area (Å²) in [6.07, 6.45) is -2.57. The van der Waals surface area contributed by atoms with E-state index in [-0.39, 0.29) is 5.75 Å². The zero-order chi connectivity index (χ0) is 13.0. The lowest BCUT2D eigenvalue weighted by Gasteiger charge is -2.23. The van der Waals surface area contributed by atoms with Gasteiger partial charge in [0.1, 0.15) is 5.75 Å². The second-order valence-electron chi connectivity index (χ2n) is 4.11. The van der Waals surface area contributed by atoms with Gasteiger partial charge in [0.2, 0.25) is 0 Å². The second-order valence-corrected chi connectivity index (χ2v) is 5.33. The third-order valence-corrected chi connectivity index (χ3v) is 3.71. The predicted octanol–water partition coefficient (Wildman–Crippen LogP) is 3.89. The molecule has 1 aromatic rings. The Morgan fingerprint density at radius 1 is 1.22 bits per heavy atom. The topological polar surface area (TPSA) is 21.3 Å². The molecule has 0 saturated carbocycles. The molecule has 0 atom stereocenters. The Bertz CT molecular complexity index is 391. The first-order valence-electron chi connectivity index (χ1n) is 5.73. The highest BCUT2D eigenvalue weighted by atomic mass is 32.2. The number of thioether (sulfide) groups is 1. The highest BCUT2D eigenvalue weighted by molar-refractivity contribution is 7.99. The summed E-state index contributed by atoms with van der Waals surface area (Å²) in [6, 6.07) is 6.34. The molecule has 1 fully saturated rings. The summed E-state index contributed by atoms with van der Waals surface area (Å²) in [7, 11) is 0. The molecule has 1 heterocycles. The van der Waals surface area contributed by atoms with Crippen molar-refractivity contribution in [3.05, 3.63) is 24.3 Å². The van der Waals surface area contributed by atoms with E-state index < -0.39 is 6.36 Å². The molecule has 1 aromatic carbocycles. The average Bonchev–Trinajstić information content (AvgIpc) is 2.28. The van der Waals surface area contributed by atoms with Crippen molar-refractivity contribution in [2.45, 2.75) is 25.2 Å². The lowest BCUT2D eigenvalue weighted by molar-refractivity contribution is -0.274. The highest BCUT2D eigenvalue weighted by Gasteiger charge is 2.31. The first kappa shape index (κ1) is 13.4. The molecule has 2 rings (SSSR count). The van der Waals surface area contributed by atoms with Crippen molar-refractivity contribution in [1.82, 2.24) is 0 Å². The van der Waals surface area contributed by atoms with E-state index in [1.165, 1.54) is 12.1 Å². The maximum absolute atomic E-state index is 12.1. The predicted molar refractivity (Wildman–Crippen MR) is 67.1 cm³/mol. The molecule has 0 spiro atoms. The quantitative estimate of drug-likeness (QED) is 0.905. The average molecular weight is 277 g/mol. The van der Waals surface area contributed by atoms with Crippen LogP contribution < -0.4 is 10.1 Å². The van der Waals surface area contributed by atoms with Crippen molar-refractivity contribution in [2.75, 3.05) is 16.8 Å². The van der Waals surface area contributed by atoms with Crippen molar-refractivity contribution < 1.29 is 17.9 Å². The molecular formula is C12H14F3NOS. The van der Waals surface area contributed by atoms with Gasteiger partial charge in [0.25, 0.3) is 0 Å². The van der Waals surface area contributed by atoms with E-state index in [0.29, 0.717) is 11.7 Å². The zero-order valence-corrected chi connectivity index (χ0v) is 10.5. The fourth-order valence-corrected chi connectivity index (χ4v) is 2.97. The molecule has 1 saturated heterocycles. The minimum absolute atomic E-state index is 0.183. The number of halogens is 3. The van der Waals surface area contributed by atoms with E-state index in [9.17, 15) is 13.2 Å². The van der Waals surface area contributed by atoms with Crippen LogP contribution in [0.1, 0.15) is 12.8 Å². The van der Waals surface area contributed by atoms with Crippen LogP contribution in [0.4, 0.5) is 18.9 Å². The molecule has 0 radical (unpaired) electrons. The van der Waals surface area contributed by atoms with Gasteiger partial charge in [-0.05, 0) is 36.5 Å². The molecule has 18 heavy (non-hydrogen) atoms. The normalized spacial score (nSPS) is 17.5. The number of alkyl halides is 3. The first-order chi connectivity index (χ1) is 8.53. The van der Waals surface area contributed by atoms with E-state index in [1.54, 1.807) is 12.1 Å². The molecule has 0 aliphatic carbocycles. The third kappa shape index (κ3) is 4.33. The summed E-state index contributed by atoms with van der Waals surface area (Å²) in [5.41, 5.74) is 0.675. The van der Waals surface area contributed by atoms with E-state index >= 15 is 0 Å². The van der Waals surface area contributed by atoms with Crippen LogP contribution in [0.2, 0.25) is 0 Å². The number of benzene rings is 1. The van der Waals surface area contributed by atoms with Crippen LogP contribution in [0.15, 0.2) is 24.3 Å². The van der Waals surface area contributed by atoms with Crippen molar-refractivity contribution in [1.29, 1.82) is 0 Å². The standard InChI is InChI=1S/C12H14F3NOS/c13-12(14,15)17-11-3-1-2-10(8-11)16-9-4-6-18-7-5-9/h1-3,8-9,16H,4-7H2. The molecule has 2 nitrogen and oxygen atoms in total. The van der Waals surface area contributed by atoms with Crippen LogP contribution in [-0.4, -0.2) is 23.9 Å². The van der Waals surface area contributed by atoms with Crippen molar-refractivity contribution in [2.24, 2.45) is 0 Å². The van der Waals surface area contributed by atoms with E-state index in [0.717, 1.165) is 24.3 Å². The summed E-state index contributed by atoms with van der Waals surface area (Å²) < 4.78 is 40.1. The van der Waals surface area contributed by atoms with Gasteiger partial charge < -0.3 is 10.1 Å². The van der Waals surface area contributed by atoms with Gasteiger partial charge in [-0.2, -0.15) is 11.8 Å². The van der Waals surface area contributed by atoms with Gasteiger partial charge in [0, 0.05) is 17.8 Å². The Morgan fingerprint density at radius 2 is 1.94 bits per heavy atom. The molecule has 1 aliphatic rings. The molecule has 100 valence electrons. The molecule has 0 aromatic heterocycles. The third-order valence-electron chi connectivity index (χ3n) is 2.66. The second kappa shape index (κ2) is 5.73. The van der Waals surface area contributed by atoms with Gasteiger partial charge in [-0.3, -0.25) is 0 Å². The lowest BCUT2D eigenvalue weighted by atomic mass is 10.1. The number of nitrogens with one attached hydrogen (secondary N) is 1. The Kier molecular flexibility index (Phi) is 4.27. The molecule has 0 bridgehead atoms. The van der Waals surface area contributed by atoms with Gasteiger partial charge >= 0.3 is 6.36 Å². The number of anilines is 1. The van der Waals surface area contributed by atoms with Gasteiger partial charge in [-0.25, -0.2) is 0 Å². The Morgan fingerprint density at radius 3 is 2.61 bits per heavy atom. The summed E-state index contributed by atoms with van der Waals surface area (Å²) in [5, 5.41) is 3.25. The molecule has 1 N–H and O–H groups in total. The maximum atomic E-state index is 12.1. The molecule has 1 aliphatic heterocycles. The van der Waals surface area contributed by atoms with Crippen LogP contribution in [0.5, 0.6) is 5.75 Å². The van der Waals surface area contributed by atoms with Crippen LogP contribution in [-0.2, 0) is 0 Å². The van der Waals surface area contributed by atoms with E-state index in [2.05, 4.69) is 10.1 Å². The smallest absolute Gasteiger partial charge is 0.406 e. The fourth-order valence-electron chi connectivity index (χ4n) is 1.86. The Labute approximate surface area is 108 Å². The van der Waals surface area contributed by atoms with Crippen molar-refractivity contribution in [3.63, 3.8) is 0 Å². The van der Waals surface area contributed by atoms with E-state index in [4.69, 9.17) is 0 Å². The van der Waals surface area contributed by atoms with Crippen molar-refractivity contribution in [3.8, 4) is 5.75 Å². The van der Waals surface area contributed by atoms with Crippen LogP contribution in [0, 0.1) is 0 Å². The summed E-state index contributed by atoms with van der Waals surface area (Å²) in [4.78, 5) is 0. The van der Waals surface area contributed by atoms with Gasteiger partial charge in [0.05, 0.1) is 0 Å². The van der Waals surface area contributed by atoms with Gasteiger partial charge in [-0.15, -0.1) is 13.2 Å². The highest BCUT2D eigenvalue weighted by Crippen LogP contribution is 2.27. The summed E-state index contributed by atoms with van der Waals surface area (Å²) in [6.45, 7) is 0. The monoisotopic (exact) mass is 277 g/mol. The first-order valence-corrected chi connectivity index (χ1v) is 6.88. The number of rotatable bonds is 3. The molecular weight excluding hydrogens is 263 g/mol. The molecule has 0 amide bonds. The fraction of sp³-hybridized carbons (Fsp3) is 0.500.